The zero-order valence-electron chi connectivity index (χ0n) is 23.3. The van der Waals surface area contributed by atoms with E-state index in [-0.39, 0.29) is 53.6 Å². The highest BCUT2D eigenvalue weighted by molar-refractivity contribution is 5.76. The third-order valence-electron chi connectivity index (χ3n) is 12.5. The summed E-state index contributed by atoms with van der Waals surface area (Å²) >= 11 is 0. The van der Waals surface area contributed by atoms with Crippen LogP contribution in [0.5, 0.6) is 0 Å². The normalized spacial score (nSPS) is 47.0. The smallest absolute Gasteiger partial charge is 0.310 e. The third kappa shape index (κ3) is 4.01. The lowest BCUT2D eigenvalue weighted by molar-refractivity contribution is -0.199. The molecule has 5 N–H and O–H groups in total. The maximum Gasteiger partial charge on any atom is 0.310 e. The van der Waals surface area contributed by atoms with Gasteiger partial charge in [0.25, 0.3) is 0 Å². The number of aliphatic carboxylic acids is 2. The van der Waals surface area contributed by atoms with E-state index < -0.39 is 28.4 Å². The van der Waals surface area contributed by atoms with Crippen LogP contribution in [0.15, 0.2) is 11.6 Å². The van der Waals surface area contributed by atoms with Gasteiger partial charge in [0, 0.05) is 13.0 Å². The molecule has 3 saturated carbocycles. The molecule has 7 heteroatoms. The molecule has 37 heavy (non-hydrogen) atoms. The molecule has 0 aromatic rings. The van der Waals surface area contributed by atoms with Gasteiger partial charge in [-0.05, 0) is 104 Å². The average molecular weight is 521 g/mol. The molecule has 0 aliphatic heterocycles. The molecule has 4 aliphatic carbocycles. The number of carboxylic acids is 2. The Balaban J connectivity index is 1.83. The zero-order chi connectivity index (χ0) is 27.7. The second-order valence-electron chi connectivity index (χ2n) is 14.4. The van der Waals surface area contributed by atoms with E-state index in [1.54, 1.807) is 6.92 Å². The number of fused-ring (bicyclic) bond motifs is 5. The number of aliphatic hydroxyl groups excluding tert-OH is 2. The number of allylic oxidation sites excluding steroid dienone is 2. The standard InChI is InChI=1S/C30H48O7/c1-25(17-31)12-14-30(24(35)36)15-13-27(3)19(20(30)16-25)6-7-21-26(2,10-9-23(33)34)22(29(5,37)18-32)8-11-28(21,27)4/h6,20-22,31-32,37H,7-18H2,1-5H3,(H,33,34)(H,35,36)/t20-,21-,22?,25?,26-,27-,28-,29?,30+/m1/s1. The van der Waals surface area contributed by atoms with Crippen molar-refractivity contribution in [2.75, 3.05) is 13.2 Å². The van der Waals surface area contributed by atoms with Crippen molar-refractivity contribution in [1.82, 2.24) is 0 Å². The van der Waals surface area contributed by atoms with Gasteiger partial charge in [-0.3, -0.25) is 9.59 Å². The highest BCUT2D eigenvalue weighted by Gasteiger charge is 2.68. The van der Waals surface area contributed by atoms with E-state index in [1.807, 2.05) is 0 Å². The Kier molecular flexibility index (Phi) is 6.99. The molecular weight excluding hydrogens is 472 g/mol. The molecule has 210 valence electrons. The molecule has 0 amide bonds. The van der Waals surface area contributed by atoms with Gasteiger partial charge in [0.2, 0.25) is 0 Å². The molecule has 7 nitrogen and oxygen atoms in total. The molecule has 0 aromatic heterocycles. The number of aliphatic hydroxyl groups is 3. The monoisotopic (exact) mass is 520 g/mol. The summed E-state index contributed by atoms with van der Waals surface area (Å²) in [5.74, 6) is -1.86. The lowest BCUT2D eigenvalue weighted by Crippen LogP contribution is -2.64. The second-order valence-corrected chi connectivity index (χ2v) is 14.4. The first kappa shape index (κ1) is 28.6. The van der Waals surface area contributed by atoms with E-state index in [0.717, 1.165) is 12.8 Å². The molecule has 4 aliphatic rings. The summed E-state index contributed by atoms with van der Waals surface area (Å²) in [5.41, 5.74) is -2.14. The summed E-state index contributed by atoms with van der Waals surface area (Å²) in [5, 5.41) is 51.6. The van der Waals surface area contributed by atoms with Crippen LogP contribution >= 0.6 is 0 Å². The number of carboxylic acid groups (broad SMARTS) is 2. The first-order valence-corrected chi connectivity index (χ1v) is 14.2. The van der Waals surface area contributed by atoms with Crippen molar-refractivity contribution in [1.29, 1.82) is 0 Å². The van der Waals surface area contributed by atoms with Crippen LogP contribution in [-0.4, -0.2) is 56.3 Å². The number of carbonyl (C=O) groups is 2. The van der Waals surface area contributed by atoms with E-state index in [9.17, 15) is 35.1 Å². The summed E-state index contributed by atoms with van der Waals surface area (Å²) in [4.78, 5) is 24.5. The Morgan fingerprint density at radius 1 is 1.03 bits per heavy atom. The molecule has 0 spiro atoms. The van der Waals surface area contributed by atoms with Gasteiger partial charge in [-0.2, -0.15) is 0 Å². The molecule has 3 unspecified atom stereocenters. The van der Waals surface area contributed by atoms with Crippen molar-refractivity contribution in [3.63, 3.8) is 0 Å². The molecule has 0 aromatic carbocycles. The Morgan fingerprint density at radius 3 is 2.24 bits per heavy atom. The Bertz CT molecular complexity index is 973. The molecular formula is C30H48O7. The fourth-order valence-electron chi connectivity index (χ4n) is 9.90. The van der Waals surface area contributed by atoms with Crippen molar-refractivity contribution < 1.29 is 35.1 Å². The van der Waals surface area contributed by atoms with Crippen molar-refractivity contribution in [2.45, 2.75) is 104 Å². The molecule has 0 saturated heterocycles. The summed E-state index contributed by atoms with van der Waals surface area (Å²) in [6.07, 6.45) is 8.24. The Morgan fingerprint density at radius 2 is 1.68 bits per heavy atom. The lowest BCUT2D eigenvalue weighted by atomic mass is 9.35. The van der Waals surface area contributed by atoms with Crippen molar-refractivity contribution >= 4 is 11.9 Å². The van der Waals surface area contributed by atoms with E-state index in [4.69, 9.17) is 0 Å². The van der Waals surface area contributed by atoms with Gasteiger partial charge < -0.3 is 25.5 Å². The lowest BCUT2D eigenvalue weighted by Gasteiger charge is -2.69. The molecule has 9 atom stereocenters. The van der Waals surface area contributed by atoms with Gasteiger partial charge >= 0.3 is 11.9 Å². The van der Waals surface area contributed by atoms with E-state index in [2.05, 4.69) is 33.8 Å². The topological polar surface area (TPSA) is 135 Å². The summed E-state index contributed by atoms with van der Waals surface area (Å²) < 4.78 is 0. The molecule has 0 radical (unpaired) electrons. The van der Waals surface area contributed by atoms with Gasteiger partial charge in [-0.15, -0.1) is 0 Å². The van der Waals surface area contributed by atoms with Gasteiger partial charge in [0.1, 0.15) is 0 Å². The number of hydrogen-bond acceptors (Lipinski definition) is 5. The predicted octanol–water partition coefficient (Wildman–Crippen LogP) is 4.63. The van der Waals surface area contributed by atoms with Gasteiger partial charge in [0.15, 0.2) is 0 Å². The van der Waals surface area contributed by atoms with Crippen LogP contribution in [0, 0.1) is 44.8 Å². The van der Waals surface area contributed by atoms with Crippen LogP contribution in [0.3, 0.4) is 0 Å². The molecule has 0 heterocycles. The van der Waals surface area contributed by atoms with Gasteiger partial charge in [-0.25, -0.2) is 0 Å². The van der Waals surface area contributed by atoms with Crippen LogP contribution in [0.4, 0.5) is 0 Å². The van der Waals surface area contributed by atoms with Crippen LogP contribution in [-0.2, 0) is 9.59 Å². The van der Waals surface area contributed by atoms with E-state index >= 15 is 0 Å². The van der Waals surface area contributed by atoms with Crippen molar-refractivity contribution in [3.05, 3.63) is 11.6 Å². The second kappa shape index (κ2) is 9.06. The third-order valence-corrected chi connectivity index (χ3v) is 12.5. The van der Waals surface area contributed by atoms with E-state index in [1.165, 1.54) is 5.57 Å². The van der Waals surface area contributed by atoms with Crippen LogP contribution in [0.25, 0.3) is 0 Å². The van der Waals surface area contributed by atoms with E-state index in [0.29, 0.717) is 44.9 Å². The van der Waals surface area contributed by atoms with Gasteiger partial charge in [0.05, 0.1) is 17.6 Å². The Hall–Kier alpha value is -1.44. The fourth-order valence-corrected chi connectivity index (χ4v) is 9.90. The maximum absolute atomic E-state index is 12.8. The maximum atomic E-state index is 12.8. The average Bonchev–Trinajstić information content (AvgIpc) is 2.83. The highest BCUT2D eigenvalue weighted by Crippen LogP contribution is 2.74. The van der Waals surface area contributed by atoms with Crippen LogP contribution < -0.4 is 0 Å². The van der Waals surface area contributed by atoms with Crippen LogP contribution in [0.1, 0.15) is 98.8 Å². The minimum absolute atomic E-state index is 0.00792. The number of rotatable bonds is 7. The first-order valence-electron chi connectivity index (χ1n) is 14.2. The van der Waals surface area contributed by atoms with Crippen molar-refractivity contribution in [2.24, 2.45) is 44.8 Å². The summed E-state index contributed by atoms with van der Waals surface area (Å²) in [6, 6.07) is 0. The quantitative estimate of drug-likeness (QED) is 0.309. The van der Waals surface area contributed by atoms with Crippen LogP contribution in [0.2, 0.25) is 0 Å². The first-order chi connectivity index (χ1) is 17.1. The van der Waals surface area contributed by atoms with Crippen molar-refractivity contribution in [3.8, 4) is 0 Å². The SMILES string of the molecule is CC1(CO)CC[C@]2(C(=O)O)CC[C@]3(C)C(=CC[C@@H]4[C@@](C)(CCC(=O)O)C(C(C)(O)CO)CC[C@]43C)[C@H]2C1. The zero-order valence-corrected chi connectivity index (χ0v) is 23.3. The molecule has 0 bridgehead atoms. The number of hydrogen-bond donors (Lipinski definition) is 5. The summed E-state index contributed by atoms with van der Waals surface area (Å²) in [6.45, 7) is 10.1. The summed E-state index contributed by atoms with van der Waals surface area (Å²) in [7, 11) is 0. The van der Waals surface area contributed by atoms with Gasteiger partial charge in [-0.1, -0.05) is 39.3 Å². The molecule has 4 rings (SSSR count). The fraction of sp³-hybridized carbons (Fsp3) is 0.867. The largest absolute Gasteiger partial charge is 0.481 e. The minimum Gasteiger partial charge on any atom is -0.481 e. The predicted molar refractivity (Wildman–Crippen MR) is 140 cm³/mol. The molecule has 3 fully saturated rings. The Labute approximate surface area is 221 Å². The minimum atomic E-state index is -1.31. The highest BCUT2D eigenvalue weighted by atomic mass is 16.4.